The number of ether oxygens (including phenoxy) is 1. The first-order valence-electron chi connectivity index (χ1n) is 6.14. The molecule has 0 aliphatic carbocycles. The maximum atomic E-state index is 14.0. The predicted molar refractivity (Wildman–Crippen MR) is 82.1 cm³/mol. The molecular formula is C13H7BrF2N4O2S. The fourth-order valence-corrected chi connectivity index (χ4v) is 2.85. The number of nitrogens with two attached hydrogens (primary N) is 1. The van der Waals surface area contributed by atoms with Gasteiger partial charge in [-0.15, -0.1) is 0 Å². The lowest BCUT2D eigenvalue weighted by atomic mass is 10.2. The molecule has 6 nitrogen and oxygen atoms in total. The van der Waals surface area contributed by atoms with E-state index in [0.29, 0.717) is 20.1 Å². The lowest BCUT2D eigenvalue weighted by Gasteiger charge is -2.08. The first-order chi connectivity index (χ1) is 11.0. The first kappa shape index (κ1) is 15.7. The SMILES string of the molecule is NC(=O)c1c(F)ccc(OCc2nc3nc(Br)cnc3s2)c1F. The summed E-state index contributed by atoms with van der Waals surface area (Å²) < 4.78 is 33.2. The van der Waals surface area contributed by atoms with Gasteiger partial charge in [0.2, 0.25) is 0 Å². The van der Waals surface area contributed by atoms with E-state index in [2.05, 4.69) is 30.9 Å². The van der Waals surface area contributed by atoms with Crippen LogP contribution in [0.3, 0.4) is 0 Å². The average molecular weight is 401 g/mol. The smallest absolute Gasteiger partial charge is 0.254 e. The van der Waals surface area contributed by atoms with Crippen LogP contribution in [0.1, 0.15) is 15.4 Å². The third-order valence-electron chi connectivity index (χ3n) is 2.79. The lowest BCUT2D eigenvalue weighted by Crippen LogP contribution is -2.16. The van der Waals surface area contributed by atoms with Gasteiger partial charge in [-0.2, -0.15) is 0 Å². The van der Waals surface area contributed by atoms with Crippen molar-refractivity contribution in [3.05, 3.63) is 45.1 Å². The number of hydrogen-bond acceptors (Lipinski definition) is 6. The van der Waals surface area contributed by atoms with Crippen molar-refractivity contribution in [3.63, 3.8) is 0 Å². The van der Waals surface area contributed by atoms with E-state index in [-0.39, 0.29) is 12.4 Å². The van der Waals surface area contributed by atoms with Gasteiger partial charge in [0, 0.05) is 0 Å². The zero-order chi connectivity index (χ0) is 16.6. The summed E-state index contributed by atoms with van der Waals surface area (Å²) >= 11 is 4.41. The summed E-state index contributed by atoms with van der Waals surface area (Å²) in [6.45, 7) is -0.0823. The van der Waals surface area contributed by atoms with Crippen LogP contribution in [0.5, 0.6) is 5.75 Å². The van der Waals surface area contributed by atoms with Crippen LogP contribution in [-0.4, -0.2) is 20.9 Å². The van der Waals surface area contributed by atoms with E-state index in [9.17, 15) is 13.6 Å². The van der Waals surface area contributed by atoms with Gasteiger partial charge in [0.25, 0.3) is 5.91 Å². The molecule has 0 saturated heterocycles. The van der Waals surface area contributed by atoms with Crippen molar-refractivity contribution < 1.29 is 18.3 Å². The van der Waals surface area contributed by atoms with Crippen LogP contribution in [0.15, 0.2) is 22.9 Å². The Morgan fingerprint density at radius 2 is 2.13 bits per heavy atom. The highest BCUT2D eigenvalue weighted by Crippen LogP contribution is 2.25. The quantitative estimate of drug-likeness (QED) is 0.726. The number of amides is 1. The number of benzene rings is 1. The van der Waals surface area contributed by atoms with Crippen LogP contribution in [-0.2, 0) is 6.61 Å². The molecule has 2 aromatic heterocycles. The first-order valence-corrected chi connectivity index (χ1v) is 7.75. The minimum atomic E-state index is -1.20. The average Bonchev–Trinajstić information content (AvgIpc) is 2.88. The van der Waals surface area contributed by atoms with Gasteiger partial charge < -0.3 is 10.5 Å². The van der Waals surface area contributed by atoms with Crippen LogP contribution in [0, 0.1) is 11.6 Å². The molecule has 0 aliphatic heterocycles. The van der Waals surface area contributed by atoms with Gasteiger partial charge in [-0.05, 0) is 28.1 Å². The molecule has 0 spiro atoms. The largest absolute Gasteiger partial charge is 0.483 e. The molecule has 0 unspecified atom stereocenters. The highest BCUT2D eigenvalue weighted by Gasteiger charge is 2.19. The van der Waals surface area contributed by atoms with Crippen molar-refractivity contribution in [1.82, 2.24) is 15.0 Å². The molecule has 23 heavy (non-hydrogen) atoms. The molecule has 0 radical (unpaired) electrons. The van der Waals surface area contributed by atoms with Gasteiger partial charge in [-0.25, -0.2) is 23.7 Å². The summed E-state index contributed by atoms with van der Waals surface area (Å²) in [5, 5.41) is 0.502. The normalized spacial score (nSPS) is 10.9. The molecule has 2 heterocycles. The van der Waals surface area contributed by atoms with E-state index in [1.54, 1.807) is 0 Å². The Labute approximate surface area is 140 Å². The second-order valence-electron chi connectivity index (χ2n) is 4.32. The van der Waals surface area contributed by atoms with Gasteiger partial charge in [0.15, 0.2) is 22.0 Å². The maximum Gasteiger partial charge on any atom is 0.254 e. The second kappa shape index (κ2) is 6.13. The van der Waals surface area contributed by atoms with E-state index in [1.807, 2.05) is 0 Å². The van der Waals surface area contributed by atoms with Gasteiger partial charge in [0.1, 0.15) is 27.6 Å². The Morgan fingerprint density at radius 3 is 2.87 bits per heavy atom. The highest BCUT2D eigenvalue weighted by atomic mass is 79.9. The number of thiazole rings is 1. The number of hydrogen-bond donors (Lipinski definition) is 1. The Morgan fingerprint density at radius 1 is 1.35 bits per heavy atom. The molecule has 0 fully saturated rings. The Bertz CT molecular complexity index is 918. The minimum absolute atomic E-state index is 0.0823. The third-order valence-corrected chi connectivity index (χ3v) is 4.10. The summed E-state index contributed by atoms with van der Waals surface area (Å²) in [7, 11) is 0. The molecule has 0 aliphatic rings. The van der Waals surface area contributed by atoms with Crippen LogP contribution < -0.4 is 10.5 Å². The van der Waals surface area contributed by atoms with E-state index in [1.165, 1.54) is 17.5 Å². The molecule has 3 rings (SSSR count). The van der Waals surface area contributed by atoms with Crippen molar-refractivity contribution in [1.29, 1.82) is 0 Å². The molecular weight excluding hydrogens is 394 g/mol. The maximum absolute atomic E-state index is 14.0. The Balaban J connectivity index is 1.85. The molecule has 0 atom stereocenters. The van der Waals surface area contributed by atoms with E-state index in [4.69, 9.17) is 10.5 Å². The van der Waals surface area contributed by atoms with Crippen LogP contribution in [0.2, 0.25) is 0 Å². The van der Waals surface area contributed by atoms with Crippen LogP contribution in [0.4, 0.5) is 8.78 Å². The summed E-state index contributed by atoms with van der Waals surface area (Å²) in [6.07, 6.45) is 1.53. The zero-order valence-corrected chi connectivity index (χ0v) is 13.6. The van der Waals surface area contributed by atoms with E-state index >= 15 is 0 Å². The minimum Gasteiger partial charge on any atom is -0.483 e. The van der Waals surface area contributed by atoms with Gasteiger partial charge in [-0.1, -0.05) is 11.3 Å². The number of carbonyl (C=O) groups excluding carboxylic acids is 1. The van der Waals surface area contributed by atoms with Crippen molar-refractivity contribution in [2.75, 3.05) is 0 Å². The second-order valence-corrected chi connectivity index (χ2v) is 6.19. The fourth-order valence-electron chi connectivity index (χ4n) is 1.82. The van der Waals surface area contributed by atoms with E-state index < -0.39 is 23.1 Å². The lowest BCUT2D eigenvalue weighted by molar-refractivity contribution is 0.0991. The fraction of sp³-hybridized carbons (Fsp3) is 0.0769. The predicted octanol–water partition coefficient (Wildman–Crippen LogP) is 2.80. The van der Waals surface area contributed by atoms with Crippen LogP contribution >= 0.6 is 27.3 Å². The number of fused-ring (bicyclic) bond motifs is 1. The number of halogens is 3. The summed E-state index contributed by atoms with van der Waals surface area (Å²) in [6, 6.07) is 1.99. The third kappa shape index (κ3) is 3.13. The van der Waals surface area contributed by atoms with E-state index in [0.717, 1.165) is 12.1 Å². The molecule has 1 aromatic carbocycles. The zero-order valence-electron chi connectivity index (χ0n) is 11.2. The number of primary amides is 1. The summed E-state index contributed by atoms with van der Waals surface area (Å²) in [4.78, 5) is 24.1. The summed E-state index contributed by atoms with van der Waals surface area (Å²) in [5.41, 5.74) is 4.55. The van der Waals surface area contributed by atoms with Gasteiger partial charge in [-0.3, -0.25) is 4.79 Å². The van der Waals surface area contributed by atoms with Crippen molar-refractivity contribution in [3.8, 4) is 5.75 Å². The Hall–Kier alpha value is -2.20. The topological polar surface area (TPSA) is 91.0 Å². The molecule has 2 N–H and O–H groups in total. The molecule has 1 amide bonds. The Kier molecular flexibility index (Phi) is 4.18. The standard InChI is InChI=1S/C13H7BrF2N4O2S/c14-7-3-18-13-12(19-7)20-8(23-13)4-22-6-2-1-5(15)9(10(6)16)11(17)21/h1-3H,4H2,(H2,17,21). The molecule has 3 aromatic rings. The van der Waals surface area contributed by atoms with Gasteiger partial charge >= 0.3 is 0 Å². The monoisotopic (exact) mass is 400 g/mol. The summed E-state index contributed by atoms with van der Waals surface area (Å²) in [5.74, 6) is -3.68. The number of aromatic nitrogens is 3. The molecule has 0 saturated carbocycles. The number of rotatable bonds is 4. The number of nitrogens with zero attached hydrogens (tertiary/aromatic N) is 3. The highest BCUT2D eigenvalue weighted by molar-refractivity contribution is 9.10. The van der Waals surface area contributed by atoms with Crippen molar-refractivity contribution in [2.45, 2.75) is 6.61 Å². The van der Waals surface area contributed by atoms with Crippen LogP contribution in [0.25, 0.3) is 10.5 Å². The van der Waals surface area contributed by atoms with Crippen molar-refractivity contribution in [2.24, 2.45) is 5.73 Å². The van der Waals surface area contributed by atoms with Crippen molar-refractivity contribution >= 4 is 43.7 Å². The molecule has 10 heteroatoms. The molecule has 118 valence electrons. The van der Waals surface area contributed by atoms with Gasteiger partial charge in [0.05, 0.1) is 6.20 Å². The number of carbonyl (C=O) groups is 1. The molecule has 0 bridgehead atoms.